The highest BCUT2D eigenvalue weighted by Crippen LogP contribution is 2.05. The zero-order chi connectivity index (χ0) is 18.1. The van der Waals surface area contributed by atoms with Gasteiger partial charge in [0, 0.05) is 6.42 Å². The van der Waals surface area contributed by atoms with E-state index < -0.39 is 11.9 Å². The van der Waals surface area contributed by atoms with Crippen LogP contribution in [0.2, 0.25) is 0 Å². The Morgan fingerprint density at radius 2 is 1.55 bits per heavy atom. The topological polar surface area (TPSA) is 127 Å². The molecule has 0 bridgehead atoms. The highest BCUT2D eigenvalue weighted by Gasteiger charge is 2.21. The Labute approximate surface area is 134 Å². The van der Waals surface area contributed by atoms with Gasteiger partial charge in [0.15, 0.2) is 0 Å². The molecule has 22 heavy (non-hydrogen) atoms. The van der Waals surface area contributed by atoms with Crippen LogP contribution in [0.5, 0.6) is 0 Å². The zero-order valence-electron chi connectivity index (χ0n) is 14.9. The standard InChI is InChI=1S/C11H21N3O3.C2H7N.C2H6/c1-4-10(16)14-8(5-7(2)3)11(17)13-6-9(12)15;1-2-3;1-2/h7-8H,4-6H2,1-3H3,(H2,12,15)(H,13,17)(H,14,16);2-3H2,1H3;1-2H3. The van der Waals surface area contributed by atoms with E-state index in [1.807, 2.05) is 34.6 Å². The molecule has 0 fully saturated rings. The Balaban J connectivity index is -0.000000637. The summed E-state index contributed by atoms with van der Waals surface area (Å²) >= 11 is 0. The second-order valence-corrected chi connectivity index (χ2v) is 4.70. The molecule has 0 heterocycles. The second kappa shape index (κ2) is 17.4. The van der Waals surface area contributed by atoms with Gasteiger partial charge in [-0.2, -0.15) is 0 Å². The van der Waals surface area contributed by atoms with Gasteiger partial charge in [-0.05, 0) is 18.9 Å². The van der Waals surface area contributed by atoms with E-state index in [1.165, 1.54) is 0 Å². The number of amides is 3. The van der Waals surface area contributed by atoms with Gasteiger partial charge in [-0.1, -0.05) is 41.5 Å². The van der Waals surface area contributed by atoms with Crippen molar-refractivity contribution in [3.8, 4) is 0 Å². The maximum Gasteiger partial charge on any atom is 0.243 e. The van der Waals surface area contributed by atoms with E-state index in [4.69, 9.17) is 11.5 Å². The molecule has 132 valence electrons. The van der Waals surface area contributed by atoms with E-state index in [9.17, 15) is 14.4 Å². The molecule has 0 rings (SSSR count). The van der Waals surface area contributed by atoms with E-state index in [1.54, 1.807) is 6.92 Å². The van der Waals surface area contributed by atoms with Crippen LogP contribution in [0.3, 0.4) is 0 Å². The SMILES string of the molecule is CC.CCC(=O)NC(CC(C)C)C(=O)NCC(N)=O.CCN. The lowest BCUT2D eigenvalue weighted by molar-refractivity contribution is -0.130. The molecule has 0 saturated heterocycles. The molecule has 7 heteroatoms. The van der Waals surface area contributed by atoms with Gasteiger partial charge in [0.1, 0.15) is 6.04 Å². The lowest BCUT2D eigenvalue weighted by atomic mass is 10.0. The third-order valence-electron chi connectivity index (χ3n) is 2.12. The summed E-state index contributed by atoms with van der Waals surface area (Å²) in [6.45, 7) is 12.1. The van der Waals surface area contributed by atoms with E-state index >= 15 is 0 Å². The third-order valence-corrected chi connectivity index (χ3v) is 2.12. The predicted octanol–water partition coefficient (Wildman–Crippen LogP) is 0.520. The number of carbonyl (C=O) groups is 3. The molecule has 6 N–H and O–H groups in total. The van der Waals surface area contributed by atoms with Crippen molar-refractivity contribution >= 4 is 17.7 Å². The molecule has 0 aromatic carbocycles. The average Bonchev–Trinajstić information content (AvgIpc) is 2.46. The van der Waals surface area contributed by atoms with Gasteiger partial charge in [0.2, 0.25) is 17.7 Å². The molecule has 0 radical (unpaired) electrons. The molecular formula is C15H34N4O3. The minimum absolute atomic E-state index is 0.190. The van der Waals surface area contributed by atoms with Gasteiger partial charge in [-0.3, -0.25) is 14.4 Å². The fourth-order valence-electron chi connectivity index (χ4n) is 1.30. The van der Waals surface area contributed by atoms with Gasteiger partial charge in [-0.15, -0.1) is 0 Å². The normalized spacial score (nSPS) is 10.4. The number of hydrogen-bond acceptors (Lipinski definition) is 4. The molecule has 0 aromatic rings. The molecule has 0 saturated carbocycles. The fraction of sp³-hybridized carbons (Fsp3) is 0.800. The van der Waals surface area contributed by atoms with Crippen LogP contribution in [0.4, 0.5) is 0 Å². The smallest absolute Gasteiger partial charge is 0.243 e. The van der Waals surface area contributed by atoms with Gasteiger partial charge in [-0.25, -0.2) is 0 Å². The zero-order valence-corrected chi connectivity index (χ0v) is 14.9. The average molecular weight is 318 g/mol. The van der Waals surface area contributed by atoms with Crippen LogP contribution in [-0.4, -0.2) is 36.9 Å². The summed E-state index contributed by atoms with van der Waals surface area (Å²) in [6.07, 6.45) is 0.841. The summed E-state index contributed by atoms with van der Waals surface area (Å²) in [7, 11) is 0. The molecule has 1 unspecified atom stereocenters. The van der Waals surface area contributed by atoms with E-state index in [2.05, 4.69) is 10.6 Å². The van der Waals surface area contributed by atoms with Crippen molar-refractivity contribution in [2.24, 2.45) is 17.4 Å². The number of primary amides is 1. The van der Waals surface area contributed by atoms with Crippen molar-refractivity contribution in [1.82, 2.24) is 10.6 Å². The molecule has 7 nitrogen and oxygen atoms in total. The predicted molar refractivity (Wildman–Crippen MR) is 90.0 cm³/mol. The third kappa shape index (κ3) is 18.4. The first-order valence-electron chi connectivity index (χ1n) is 7.83. The van der Waals surface area contributed by atoms with E-state index in [0.717, 1.165) is 6.54 Å². The van der Waals surface area contributed by atoms with Crippen LogP contribution in [-0.2, 0) is 14.4 Å². The Morgan fingerprint density at radius 3 is 1.86 bits per heavy atom. The molecule has 3 amide bonds. The minimum atomic E-state index is -0.609. The molecule has 0 aliphatic carbocycles. The van der Waals surface area contributed by atoms with Crippen LogP contribution in [0.1, 0.15) is 54.4 Å². The Morgan fingerprint density at radius 1 is 1.09 bits per heavy atom. The van der Waals surface area contributed by atoms with Crippen LogP contribution in [0, 0.1) is 5.92 Å². The first-order chi connectivity index (χ1) is 10.3. The lowest BCUT2D eigenvalue weighted by Crippen LogP contribution is -2.48. The first kappa shape index (κ1) is 25.3. The second-order valence-electron chi connectivity index (χ2n) is 4.70. The highest BCUT2D eigenvalue weighted by atomic mass is 16.2. The number of nitrogens with two attached hydrogens (primary N) is 2. The Kier molecular flexibility index (Phi) is 20.1. The van der Waals surface area contributed by atoms with Crippen LogP contribution < -0.4 is 22.1 Å². The quantitative estimate of drug-likeness (QED) is 0.545. The van der Waals surface area contributed by atoms with Gasteiger partial charge < -0.3 is 22.1 Å². The van der Waals surface area contributed by atoms with Crippen molar-refractivity contribution in [2.45, 2.75) is 60.4 Å². The van der Waals surface area contributed by atoms with Crippen LogP contribution in [0.25, 0.3) is 0 Å². The molecule has 0 spiro atoms. The number of hydrogen-bond donors (Lipinski definition) is 4. The molecule has 0 aliphatic rings. The van der Waals surface area contributed by atoms with E-state index in [0.29, 0.717) is 12.8 Å². The van der Waals surface area contributed by atoms with Crippen molar-refractivity contribution in [1.29, 1.82) is 0 Å². The number of nitrogens with one attached hydrogen (secondary N) is 2. The molecular weight excluding hydrogens is 284 g/mol. The van der Waals surface area contributed by atoms with Gasteiger partial charge in [0.25, 0.3) is 0 Å². The summed E-state index contributed by atoms with van der Waals surface area (Å²) in [4.78, 5) is 33.5. The van der Waals surface area contributed by atoms with Crippen LogP contribution >= 0.6 is 0 Å². The maximum atomic E-state index is 11.7. The van der Waals surface area contributed by atoms with Crippen molar-refractivity contribution in [3.05, 3.63) is 0 Å². The molecule has 0 aromatic heterocycles. The van der Waals surface area contributed by atoms with Crippen molar-refractivity contribution in [2.75, 3.05) is 13.1 Å². The van der Waals surface area contributed by atoms with Gasteiger partial charge in [0.05, 0.1) is 6.54 Å². The van der Waals surface area contributed by atoms with Gasteiger partial charge >= 0.3 is 0 Å². The fourth-order valence-corrected chi connectivity index (χ4v) is 1.30. The van der Waals surface area contributed by atoms with Crippen molar-refractivity contribution in [3.63, 3.8) is 0 Å². The summed E-state index contributed by atoms with van der Waals surface area (Å²) in [5, 5.41) is 5.01. The van der Waals surface area contributed by atoms with Crippen molar-refractivity contribution < 1.29 is 14.4 Å². The Hall–Kier alpha value is -1.63. The maximum absolute atomic E-state index is 11.7. The summed E-state index contributed by atoms with van der Waals surface area (Å²) in [6, 6.07) is -0.609. The minimum Gasteiger partial charge on any atom is -0.368 e. The highest BCUT2D eigenvalue weighted by molar-refractivity contribution is 5.90. The first-order valence-corrected chi connectivity index (χ1v) is 7.83. The molecule has 0 aliphatic heterocycles. The van der Waals surface area contributed by atoms with E-state index in [-0.39, 0.29) is 24.3 Å². The molecule has 1 atom stereocenters. The number of carbonyl (C=O) groups excluding carboxylic acids is 3. The summed E-state index contributed by atoms with van der Waals surface area (Å²) < 4.78 is 0. The monoisotopic (exact) mass is 318 g/mol. The van der Waals surface area contributed by atoms with Crippen LogP contribution in [0.15, 0.2) is 0 Å². The lowest BCUT2D eigenvalue weighted by Gasteiger charge is -2.19. The Bertz CT molecular complexity index is 307. The summed E-state index contributed by atoms with van der Waals surface area (Å²) in [5.41, 5.74) is 9.78. The summed E-state index contributed by atoms with van der Waals surface area (Å²) in [5.74, 6) is -0.913. The number of rotatable bonds is 7. The largest absolute Gasteiger partial charge is 0.368 e.